The molecule has 1 aromatic heterocycles. The van der Waals surface area contributed by atoms with Crippen LogP contribution in [0.3, 0.4) is 0 Å². The Morgan fingerprint density at radius 2 is 2.50 bits per heavy atom. The lowest BCUT2D eigenvalue weighted by atomic mass is 9.80. The van der Waals surface area contributed by atoms with Crippen molar-refractivity contribution in [2.45, 2.75) is 6.85 Å². The van der Waals surface area contributed by atoms with Crippen molar-refractivity contribution in [3.8, 4) is 5.88 Å². The predicted molar refractivity (Wildman–Crippen MR) is 45.4 cm³/mol. The fourth-order valence-electron chi connectivity index (χ4n) is 0.609. The molecule has 1 rings (SSSR count). The highest BCUT2D eigenvalue weighted by Crippen LogP contribution is 2.03. The molecule has 0 aliphatic heterocycles. The summed E-state index contributed by atoms with van der Waals surface area (Å²) in [5.74, 6) is -0.907. The Balaban J connectivity index is 3.58. The Morgan fingerprint density at radius 1 is 1.67 bits per heavy atom. The lowest BCUT2D eigenvalue weighted by Gasteiger charge is -2.03. The Morgan fingerprint density at radius 3 is 3.08 bits per heavy atom. The molecular formula is C7H10BNO3. The molecule has 1 aromatic rings. The zero-order valence-electron chi connectivity index (χ0n) is 13.8. The van der Waals surface area contributed by atoms with Crippen LogP contribution in [0.1, 0.15) is 16.7 Å². The smallest absolute Gasteiger partial charge is 0.481 e. The number of rotatable bonds is 2. The van der Waals surface area contributed by atoms with E-state index < -0.39 is 50.1 Å². The third-order valence-electron chi connectivity index (χ3n) is 1.06. The van der Waals surface area contributed by atoms with Gasteiger partial charge in [-0.3, -0.25) is 0 Å². The van der Waals surface area contributed by atoms with Crippen LogP contribution in [0.5, 0.6) is 5.88 Å². The summed E-state index contributed by atoms with van der Waals surface area (Å²) in [6, 6.07) is -1.74. The molecule has 0 spiro atoms. The second-order valence-corrected chi connectivity index (χ2v) is 1.90. The standard InChI is InChI=1S/C7H10BNO3/c1-5-3-6(8(10)11)4-7(9-5)12-2/h3-4,10-11H,1-2H3/i1D3,2D3,3D,4D. The molecule has 0 saturated carbocycles. The van der Waals surface area contributed by atoms with Gasteiger partial charge in [-0.05, 0) is 18.4 Å². The number of pyridine rings is 1. The van der Waals surface area contributed by atoms with Gasteiger partial charge in [0.05, 0.1) is 13.9 Å². The van der Waals surface area contributed by atoms with E-state index in [0.717, 1.165) is 0 Å². The first kappa shape index (κ1) is 3.01. The van der Waals surface area contributed by atoms with Gasteiger partial charge in [0.15, 0.2) is 0 Å². The largest absolute Gasteiger partial charge is 0.488 e. The van der Waals surface area contributed by atoms with Crippen LogP contribution in [0.25, 0.3) is 0 Å². The molecule has 0 saturated heterocycles. The normalized spacial score (nSPS) is 21.5. The molecule has 2 N–H and O–H groups in total. The third-order valence-corrected chi connectivity index (χ3v) is 1.06. The molecule has 0 fully saturated rings. The number of hydrogen-bond acceptors (Lipinski definition) is 4. The van der Waals surface area contributed by atoms with Crippen molar-refractivity contribution in [2.24, 2.45) is 0 Å². The molecule has 0 aliphatic rings. The summed E-state index contributed by atoms with van der Waals surface area (Å²) in [7, 11) is -5.34. The Bertz CT molecular complexity index is 514. The van der Waals surface area contributed by atoms with Crippen LogP contribution in [-0.4, -0.2) is 29.2 Å². The molecule has 1 heterocycles. The first-order valence-electron chi connectivity index (χ1n) is 6.91. The van der Waals surface area contributed by atoms with Crippen LogP contribution in [0.15, 0.2) is 12.1 Å². The second kappa shape index (κ2) is 3.56. The van der Waals surface area contributed by atoms with Gasteiger partial charge in [-0.15, -0.1) is 0 Å². The average Bonchev–Trinajstić information content (AvgIpc) is 2.18. The fraction of sp³-hybridized carbons (Fsp3) is 0.286. The molecular weight excluding hydrogens is 157 g/mol. The monoisotopic (exact) mass is 175 g/mol. The zero-order chi connectivity index (χ0) is 15.9. The molecule has 0 bridgehead atoms. The van der Waals surface area contributed by atoms with Gasteiger partial charge in [0, 0.05) is 15.8 Å². The Labute approximate surface area is 82.2 Å². The predicted octanol–water partition coefficient (Wildman–Crippen LogP) is -0.922. The first-order valence-corrected chi connectivity index (χ1v) is 2.91. The van der Waals surface area contributed by atoms with Crippen LogP contribution in [0.4, 0.5) is 0 Å². The summed E-state index contributed by atoms with van der Waals surface area (Å²) in [4.78, 5) is 3.33. The van der Waals surface area contributed by atoms with E-state index >= 15 is 0 Å². The molecule has 0 unspecified atom stereocenters. The van der Waals surface area contributed by atoms with Gasteiger partial charge in [0.2, 0.25) is 5.88 Å². The zero-order valence-corrected chi connectivity index (χ0v) is 5.83. The molecule has 5 heteroatoms. The van der Waals surface area contributed by atoms with Gasteiger partial charge < -0.3 is 14.8 Å². The maximum Gasteiger partial charge on any atom is 0.488 e. The van der Waals surface area contributed by atoms with E-state index in [4.69, 9.17) is 21.0 Å². The van der Waals surface area contributed by atoms with Gasteiger partial charge in [-0.25, -0.2) is 4.98 Å². The molecule has 0 aliphatic carbocycles. The molecule has 0 radical (unpaired) electrons. The van der Waals surface area contributed by atoms with Crippen LogP contribution < -0.4 is 10.2 Å². The van der Waals surface area contributed by atoms with Gasteiger partial charge >= 0.3 is 7.12 Å². The second-order valence-electron chi connectivity index (χ2n) is 1.90. The number of aryl methyl sites for hydroxylation is 1. The summed E-state index contributed by atoms with van der Waals surface area (Å²) in [5, 5.41) is 18.2. The lowest BCUT2D eigenvalue weighted by Crippen LogP contribution is -2.30. The quantitative estimate of drug-likeness (QED) is 0.570. The van der Waals surface area contributed by atoms with E-state index in [2.05, 4.69) is 9.72 Å². The number of methoxy groups -OCH3 is 1. The first-order chi connectivity index (χ1) is 8.84. The summed E-state index contributed by atoms with van der Waals surface area (Å²) < 4.78 is 61.7. The SMILES string of the molecule is [2H]c1c(OC([2H])([2H])[2H])nc(C([2H])([2H])[2H])c([2H])c1B(O)O. The van der Waals surface area contributed by atoms with E-state index in [1.807, 2.05) is 0 Å². The van der Waals surface area contributed by atoms with E-state index in [1.54, 1.807) is 0 Å². The van der Waals surface area contributed by atoms with E-state index in [9.17, 15) is 0 Å². The number of hydrogen-bond donors (Lipinski definition) is 2. The fourth-order valence-corrected chi connectivity index (χ4v) is 0.609. The summed E-state index contributed by atoms with van der Waals surface area (Å²) in [5.41, 5.74) is -1.67. The van der Waals surface area contributed by atoms with Gasteiger partial charge in [0.1, 0.15) is 0 Å². The highest BCUT2D eigenvalue weighted by atomic mass is 16.5. The summed E-state index contributed by atoms with van der Waals surface area (Å²) in [6.07, 6.45) is 0. The molecule has 12 heavy (non-hydrogen) atoms. The molecule has 4 nitrogen and oxygen atoms in total. The minimum atomic E-state index is -3.00. The van der Waals surface area contributed by atoms with E-state index in [-0.39, 0.29) is 0 Å². The lowest BCUT2D eigenvalue weighted by molar-refractivity contribution is 0.395. The van der Waals surface area contributed by atoms with Crippen molar-refractivity contribution in [1.29, 1.82) is 0 Å². The minimum absolute atomic E-state index is 0.787. The maximum atomic E-state index is 9.11. The van der Waals surface area contributed by atoms with Crippen molar-refractivity contribution < 1.29 is 25.8 Å². The van der Waals surface area contributed by atoms with Crippen molar-refractivity contribution in [2.75, 3.05) is 7.04 Å². The Kier molecular flexibility index (Phi) is 0.892. The molecule has 0 aromatic carbocycles. The number of nitrogens with zero attached hydrogens (tertiary/aromatic N) is 1. The van der Waals surface area contributed by atoms with Crippen molar-refractivity contribution in [3.05, 3.63) is 17.8 Å². The van der Waals surface area contributed by atoms with E-state index in [1.165, 1.54) is 0 Å². The van der Waals surface area contributed by atoms with Gasteiger partial charge in [-0.1, -0.05) is 0 Å². The maximum absolute atomic E-state index is 9.11. The molecule has 64 valence electrons. The average molecular weight is 175 g/mol. The topological polar surface area (TPSA) is 62.6 Å². The van der Waals surface area contributed by atoms with E-state index in [0.29, 0.717) is 0 Å². The van der Waals surface area contributed by atoms with Gasteiger partial charge in [0.25, 0.3) is 0 Å². The summed E-state index contributed by atoms with van der Waals surface area (Å²) in [6.45, 7) is -2.90. The van der Waals surface area contributed by atoms with Crippen LogP contribution in [0.2, 0.25) is 0 Å². The highest BCUT2D eigenvalue weighted by molar-refractivity contribution is 6.58. The van der Waals surface area contributed by atoms with Crippen molar-refractivity contribution in [1.82, 2.24) is 4.98 Å². The highest BCUT2D eigenvalue weighted by Gasteiger charge is 2.12. The molecule has 0 atom stereocenters. The van der Waals surface area contributed by atoms with Crippen LogP contribution >= 0.6 is 0 Å². The van der Waals surface area contributed by atoms with Crippen LogP contribution in [0, 0.1) is 6.85 Å². The third kappa shape index (κ3) is 1.96. The number of ether oxygens (including phenoxy) is 1. The Hall–Kier alpha value is -1.07. The van der Waals surface area contributed by atoms with Crippen molar-refractivity contribution >= 4 is 12.6 Å². The number of aromatic nitrogens is 1. The summed E-state index contributed by atoms with van der Waals surface area (Å²) >= 11 is 0. The van der Waals surface area contributed by atoms with Crippen molar-refractivity contribution in [3.63, 3.8) is 0 Å². The molecule has 0 amide bonds. The minimum Gasteiger partial charge on any atom is -0.481 e. The van der Waals surface area contributed by atoms with Gasteiger partial charge in [-0.2, -0.15) is 0 Å². The van der Waals surface area contributed by atoms with Crippen LogP contribution in [-0.2, 0) is 0 Å².